The fourth-order valence-electron chi connectivity index (χ4n) is 4.57. The fraction of sp³-hybridized carbons (Fsp3) is 0.286. The minimum absolute atomic E-state index is 0.462. The maximum absolute atomic E-state index is 4.88. The molecule has 0 bridgehead atoms. The Bertz CT molecular complexity index is 1250. The Balaban J connectivity index is 1.66. The number of benzene rings is 2. The van der Waals surface area contributed by atoms with Gasteiger partial charge in [0.05, 0.1) is 11.4 Å². The third-order valence-electron chi connectivity index (χ3n) is 6.37. The Kier molecular flexibility index (Phi) is 4.66. The van der Waals surface area contributed by atoms with E-state index >= 15 is 0 Å². The van der Waals surface area contributed by atoms with Gasteiger partial charge in [-0.25, -0.2) is 0 Å². The van der Waals surface area contributed by atoms with E-state index in [4.69, 9.17) is 9.97 Å². The quantitative estimate of drug-likeness (QED) is 0.365. The van der Waals surface area contributed by atoms with Crippen LogP contribution in [0.2, 0.25) is 0 Å². The lowest BCUT2D eigenvalue weighted by Crippen LogP contribution is -2.08. The number of nitrogens with zero attached hydrogens (tertiary/aromatic N) is 2. The molecular weight excluding hydrogens is 364 g/mol. The van der Waals surface area contributed by atoms with Crippen molar-refractivity contribution in [2.24, 2.45) is 0 Å². The number of pyridine rings is 2. The average Bonchev–Trinajstić information content (AvgIpc) is 2.77. The normalized spacial score (nSPS) is 13.0. The standard InChI is InChI=1S/C28H28N2/c1-17(2)23-12-20-9-10-21-15-29-27(14-26(21)28(20)30-16-23)22-11-19-7-5-6-8-24(19)25(13-22)18(3)4/h5-8,11-18H,9-10H2,1-4H3. The van der Waals surface area contributed by atoms with E-state index in [9.17, 15) is 0 Å². The number of hydrogen-bond donors (Lipinski definition) is 0. The summed E-state index contributed by atoms with van der Waals surface area (Å²) < 4.78 is 0. The number of fused-ring (bicyclic) bond motifs is 4. The predicted octanol–water partition coefficient (Wildman–Crippen LogP) is 7.31. The van der Waals surface area contributed by atoms with Crippen molar-refractivity contribution < 1.29 is 0 Å². The molecule has 0 amide bonds. The molecule has 2 heterocycles. The van der Waals surface area contributed by atoms with Gasteiger partial charge in [-0.15, -0.1) is 0 Å². The van der Waals surface area contributed by atoms with Gasteiger partial charge >= 0.3 is 0 Å². The summed E-state index contributed by atoms with van der Waals surface area (Å²) in [7, 11) is 0. The summed E-state index contributed by atoms with van der Waals surface area (Å²) >= 11 is 0. The van der Waals surface area contributed by atoms with E-state index in [2.05, 4.69) is 82.4 Å². The van der Waals surface area contributed by atoms with E-state index in [1.54, 1.807) is 0 Å². The van der Waals surface area contributed by atoms with E-state index in [1.165, 1.54) is 44.2 Å². The van der Waals surface area contributed by atoms with E-state index in [1.807, 2.05) is 6.20 Å². The Morgan fingerprint density at radius 2 is 1.57 bits per heavy atom. The largest absolute Gasteiger partial charge is 0.256 e. The molecule has 5 rings (SSSR count). The van der Waals surface area contributed by atoms with Crippen LogP contribution in [0, 0.1) is 0 Å². The second kappa shape index (κ2) is 7.36. The molecule has 0 saturated carbocycles. The van der Waals surface area contributed by atoms with Crippen LogP contribution in [0.3, 0.4) is 0 Å². The van der Waals surface area contributed by atoms with Crippen LogP contribution in [0.1, 0.15) is 61.8 Å². The van der Waals surface area contributed by atoms with Crippen molar-refractivity contribution in [2.75, 3.05) is 0 Å². The molecule has 1 aliphatic carbocycles. The summed E-state index contributed by atoms with van der Waals surface area (Å²) in [5, 5.41) is 2.61. The molecule has 0 aliphatic heterocycles. The molecule has 0 radical (unpaired) electrons. The van der Waals surface area contributed by atoms with Crippen molar-refractivity contribution in [3.8, 4) is 22.5 Å². The minimum Gasteiger partial charge on any atom is -0.256 e. The summed E-state index contributed by atoms with van der Waals surface area (Å²) in [4.78, 5) is 9.74. The van der Waals surface area contributed by atoms with Gasteiger partial charge in [-0.2, -0.15) is 0 Å². The third kappa shape index (κ3) is 3.21. The summed E-state index contributed by atoms with van der Waals surface area (Å²) in [6, 6.07) is 17.9. The van der Waals surface area contributed by atoms with E-state index in [-0.39, 0.29) is 0 Å². The Morgan fingerprint density at radius 3 is 2.37 bits per heavy atom. The summed E-state index contributed by atoms with van der Waals surface area (Å²) in [5.74, 6) is 0.966. The lowest BCUT2D eigenvalue weighted by molar-refractivity contribution is 0.841. The van der Waals surface area contributed by atoms with E-state index in [0.717, 1.165) is 24.2 Å². The molecule has 2 aromatic heterocycles. The van der Waals surface area contributed by atoms with Gasteiger partial charge in [0.2, 0.25) is 0 Å². The first-order valence-electron chi connectivity index (χ1n) is 11.0. The van der Waals surface area contributed by atoms with Gasteiger partial charge in [0, 0.05) is 23.5 Å². The number of aryl methyl sites for hydroxylation is 2. The second-order valence-electron chi connectivity index (χ2n) is 9.10. The first-order chi connectivity index (χ1) is 14.5. The summed E-state index contributed by atoms with van der Waals surface area (Å²) in [5.41, 5.74) is 9.97. The molecule has 1 aliphatic rings. The molecule has 2 aromatic carbocycles. The second-order valence-corrected chi connectivity index (χ2v) is 9.10. The van der Waals surface area contributed by atoms with Crippen molar-refractivity contribution in [2.45, 2.75) is 52.4 Å². The lowest BCUT2D eigenvalue weighted by Gasteiger charge is -2.21. The summed E-state index contributed by atoms with van der Waals surface area (Å²) in [6.45, 7) is 8.99. The van der Waals surface area contributed by atoms with Crippen LogP contribution in [0.5, 0.6) is 0 Å². The van der Waals surface area contributed by atoms with Crippen molar-refractivity contribution in [3.63, 3.8) is 0 Å². The zero-order chi connectivity index (χ0) is 20.8. The third-order valence-corrected chi connectivity index (χ3v) is 6.37. The topological polar surface area (TPSA) is 25.8 Å². The molecule has 4 aromatic rings. The lowest BCUT2D eigenvalue weighted by atomic mass is 9.87. The summed E-state index contributed by atoms with van der Waals surface area (Å²) in [6.07, 6.45) is 6.19. The molecule has 0 saturated heterocycles. The zero-order valence-electron chi connectivity index (χ0n) is 18.2. The van der Waals surface area contributed by atoms with Gasteiger partial charge in [0.15, 0.2) is 0 Å². The van der Waals surface area contributed by atoms with Crippen LogP contribution in [-0.2, 0) is 12.8 Å². The molecule has 0 atom stereocenters. The Hall–Kier alpha value is -3.00. The van der Waals surface area contributed by atoms with E-state index in [0.29, 0.717) is 11.8 Å². The fourth-order valence-corrected chi connectivity index (χ4v) is 4.57. The van der Waals surface area contributed by atoms with Gasteiger partial charge in [0.1, 0.15) is 0 Å². The maximum Gasteiger partial charge on any atom is 0.0738 e. The van der Waals surface area contributed by atoms with Gasteiger partial charge in [-0.1, -0.05) is 58.0 Å². The zero-order valence-corrected chi connectivity index (χ0v) is 18.2. The van der Waals surface area contributed by atoms with Crippen LogP contribution in [0.25, 0.3) is 33.3 Å². The smallest absolute Gasteiger partial charge is 0.0738 e. The Labute approximate surface area is 179 Å². The van der Waals surface area contributed by atoms with Crippen LogP contribution < -0.4 is 0 Å². The number of rotatable bonds is 3. The van der Waals surface area contributed by atoms with Crippen molar-refractivity contribution in [1.82, 2.24) is 9.97 Å². The van der Waals surface area contributed by atoms with Crippen LogP contribution >= 0.6 is 0 Å². The first-order valence-corrected chi connectivity index (χ1v) is 11.0. The molecule has 2 heteroatoms. The van der Waals surface area contributed by atoms with E-state index < -0.39 is 0 Å². The molecule has 2 nitrogen and oxygen atoms in total. The number of aromatic nitrogens is 2. The van der Waals surface area contributed by atoms with Crippen molar-refractivity contribution in [1.29, 1.82) is 0 Å². The molecule has 0 fully saturated rings. The average molecular weight is 393 g/mol. The molecule has 150 valence electrons. The van der Waals surface area contributed by atoms with Gasteiger partial charge in [0.25, 0.3) is 0 Å². The molecule has 0 spiro atoms. The van der Waals surface area contributed by atoms with Crippen LogP contribution in [0.15, 0.2) is 60.9 Å². The molecule has 0 N–H and O–H groups in total. The Morgan fingerprint density at radius 1 is 0.767 bits per heavy atom. The highest BCUT2D eigenvalue weighted by Crippen LogP contribution is 2.37. The molecule has 30 heavy (non-hydrogen) atoms. The maximum atomic E-state index is 4.88. The van der Waals surface area contributed by atoms with Gasteiger partial charge in [-0.3, -0.25) is 9.97 Å². The van der Waals surface area contributed by atoms with Crippen LogP contribution in [-0.4, -0.2) is 9.97 Å². The first kappa shape index (κ1) is 19.0. The number of hydrogen-bond acceptors (Lipinski definition) is 2. The predicted molar refractivity (Wildman–Crippen MR) is 126 cm³/mol. The van der Waals surface area contributed by atoms with Gasteiger partial charge < -0.3 is 0 Å². The SMILES string of the molecule is CC(C)c1cnc2c(c1)CCc1cnc(-c3cc(C(C)C)c4ccccc4c3)cc1-2. The highest BCUT2D eigenvalue weighted by Gasteiger charge is 2.20. The van der Waals surface area contributed by atoms with Gasteiger partial charge in [-0.05, 0) is 75.9 Å². The van der Waals surface area contributed by atoms with Crippen molar-refractivity contribution in [3.05, 3.63) is 83.2 Å². The van der Waals surface area contributed by atoms with Crippen LogP contribution in [0.4, 0.5) is 0 Å². The molecular formula is C28H28N2. The monoisotopic (exact) mass is 392 g/mol. The minimum atomic E-state index is 0.462. The van der Waals surface area contributed by atoms with Crippen molar-refractivity contribution >= 4 is 10.8 Å². The highest BCUT2D eigenvalue weighted by atomic mass is 14.7. The highest BCUT2D eigenvalue weighted by molar-refractivity contribution is 5.91. The molecule has 0 unspecified atom stereocenters.